The fraction of sp³-hybridized carbons (Fsp3) is 0.650. The van der Waals surface area contributed by atoms with Crippen molar-refractivity contribution < 1.29 is 28.2 Å². The van der Waals surface area contributed by atoms with Crippen LogP contribution in [-0.2, 0) is 14.3 Å². The zero-order chi connectivity index (χ0) is 21.1. The summed E-state index contributed by atoms with van der Waals surface area (Å²) in [7, 11) is 4.86. The molecule has 0 unspecified atom stereocenters. The van der Waals surface area contributed by atoms with Crippen LogP contribution in [0, 0.1) is 5.95 Å². The van der Waals surface area contributed by atoms with E-state index in [2.05, 4.69) is 4.98 Å². The molecule has 3 rings (SSSR count). The molecule has 3 heterocycles. The minimum absolute atomic E-state index is 0.0391. The molecule has 1 fully saturated rings. The molecule has 0 aromatic carbocycles. The Hall–Kier alpha value is -2.26. The molecule has 9 heteroatoms. The number of aromatic nitrogens is 1. The quantitative estimate of drug-likeness (QED) is 0.654. The second-order valence-electron chi connectivity index (χ2n) is 7.59. The van der Waals surface area contributed by atoms with Crippen LogP contribution >= 0.6 is 0 Å². The second kappa shape index (κ2) is 9.04. The number of rotatable bonds is 1. The van der Waals surface area contributed by atoms with Crippen LogP contribution in [0.3, 0.4) is 0 Å². The van der Waals surface area contributed by atoms with E-state index in [4.69, 9.17) is 14.2 Å². The first-order valence-corrected chi connectivity index (χ1v) is 9.81. The SMILES string of the molecule is CO[C@H]1CC[C@H]2CCN(C)C(=O)[C@@H](C)N(C)C(=O)c3ccc(F)nc3OC[C@@H]1O2. The molecule has 0 aliphatic carbocycles. The summed E-state index contributed by atoms with van der Waals surface area (Å²) in [5, 5.41) is 0. The van der Waals surface area contributed by atoms with Crippen LogP contribution < -0.4 is 4.74 Å². The van der Waals surface area contributed by atoms with Gasteiger partial charge in [-0.05, 0) is 38.3 Å². The Morgan fingerprint density at radius 1 is 1.21 bits per heavy atom. The molecule has 2 aliphatic heterocycles. The number of nitrogens with zero attached hydrogens (tertiary/aromatic N) is 3. The Morgan fingerprint density at radius 2 is 1.97 bits per heavy atom. The van der Waals surface area contributed by atoms with Crippen LogP contribution in [0.4, 0.5) is 4.39 Å². The highest BCUT2D eigenvalue weighted by Gasteiger charge is 2.34. The van der Waals surface area contributed by atoms with E-state index in [9.17, 15) is 14.0 Å². The molecular formula is C20H28FN3O5. The third-order valence-electron chi connectivity index (χ3n) is 5.72. The second-order valence-corrected chi connectivity index (χ2v) is 7.59. The van der Waals surface area contributed by atoms with Gasteiger partial charge in [-0.15, -0.1) is 0 Å². The highest BCUT2D eigenvalue weighted by atomic mass is 19.1. The number of pyridine rings is 1. The molecule has 1 saturated heterocycles. The van der Waals surface area contributed by atoms with Crippen molar-refractivity contribution in [3.8, 4) is 5.88 Å². The van der Waals surface area contributed by atoms with Gasteiger partial charge in [0.15, 0.2) is 0 Å². The topological polar surface area (TPSA) is 81.2 Å². The Bertz CT molecular complexity index is 762. The average molecular weight is 409 g/mol. The van der Waals surface area contributed by atoms with E-state index in [0.717, 1.165) is 18.9 Å². The highest BCUT2D eigenvalue weighted by Crippen LogP contribution is 2.26. The number of ether oxygens (including phenoxy) is 3. The molecule has 2 amide bonds. The summed E-state index contributed by atoms with van der Waals surface area (Å²) >= 11 is 0. The first kappa shape index (κ1) is 21.4. The summed E-state index contributed by atoms with van der Waals surface area (Å²) in [6, 6.07) is 1.73. The molecule has 4 atom stereocenters. The molecule has 0 saturated carbocycles. The van der Waals surface area contributed by atoms with E-state index < -0.39 is 17.9 Å². The van der Waals surface area contributed by atoms with Gasteiger partial charge in [-0.3, -0.25) is 9.59 Å². The van der Waals surface area contributed by atoms with E-state index in [1.54, 1.807) is 26.0 Å². The summed E-state index contributed by atoms with van der Waals surface area (Å²) in [6.07, 6.45) is 1.68. The number of fused-ring (bicyclic) bond motifs is 3. The smallest absolute Gasteiger partial charge is 0.259 e. The maximum atomic E-state index is 13.8. The van der Waals surface area contributed by atoms with Crippen molar-refractivity contribution in [2.45, 2.75) is 50.5 Å². The molecule has 8 nitrogen and oxygen atoms in total. The maximum Gasteiger partial charge on any atom is 0.259 e. The van der Waals surface area contributed by atoms with Crippen molar-refractivity contribution >= 4 is 11.8 Å². The normalized spacial score (nSPS) is 29.1. The Balaban J connectivity index is 1.95. The molecule has 0 N–H and O–H groups in total. The number of hydrogen-bond acceptors (Lipinski definition) is 6. The van der Waals surface area contributed by atoms with Crippen LogP contribution in [0.15, 0.2) is 12.1 Å². The first-order valence-electron chi connectivity index (χ1n) is 9.81. The maximum absolute atomic E-state index is 13.8. The van der Waals surface area contributed by atoms with Gasteiger partial charge in [-0.25, -0.2) is 0 Å². The number of amides is 2. The van der Waals surface area contributed by atoms with Crippen LogP contribution in [-0.4, -0.2) is 85.3 Å². The van der Waals surface area contributed by atoms with E-state index in [0.29, 0.717) is 13.0 Å². The summed E-state index contributed by atoms with van der Waals surface area (Å²) < 4.78 is 31.1. The molecular weight excluding hydrogens is 381 g/mol. The van der Waals surface area contributed by atoms with Gasteiger partial charge in [-0.1, -0.05) is 0 Å². The van der Waals surface area contributed by atoms with Gasteiger partial charge in [0, 0.05) is 27.7 Å². The molecule has 1 aromatic heterocycles. The van der Waals surface area contributed by atoms with Crippen LogP contribution in [0.25, 0.3) is 0 Å². The molecule has 2 bridgehead atoms. The van der Waals surface area contributed by atoms with Crippen molar-refractivity contribution in [1.82, 2.24) is 14.8 Å². The zero-order valence-electron chi connectivity index (χ0n) is 17.3. The monoisotopic (exact) mass is 409 g/mol. The fourth-order valence-corrected chi connectivity index (χ4v) is 3.72. The average Bonchev–Trinajstić information content (AvgIpc) is 2.73. The van der Waals surface area contributed by atoms with E-state index in [-0.39, 0.29) is 42.3 Å². The number of halogens is 1. The predicted molar refractivity (Wildman–Crippen MR) is 102 cm³/mol. The van der Waals surface area contributed by atoms with Crippen LogP contribution in [0.5, 0.6) is 5.88 Å². The predicted octanol–water partition coefficient (Wildman–Crippen LogP) is 1.48. The third-order valence-corrected chi connectivity index (χ3v) is 5.72. The molecule has 1 aromatic rings. The van der Waals surface area contributed by atoms with Gasteiger partial charge in [0.25, 0.3) is 5.91 Å². The largest absolute Gasteiger partial charge is 0.474 e. The minimum atomic E-state index is -0.755. The molecule has 0 radical (unpaired) electrons. The number of hydrogen-bond donors (Lipinski definition) is 0. The van der Waals surface area contributed by atoms with Crippen molar-refractivity contribution in [2.24, 2.45) is 0 Å². The lowest BCUT2D eigenvalue weighted by molar-refractivity contribution is -0.146. The summed E-state index contributed by atoms with van der Waals surface area (Å²) in [4.78, 5) is 32.4. The Kier molecular flexibility index (Phi) is 6.69. The van der Waals surface area contributed by atoms with Gasteiger partial charge in [0.2, 0.25) is 17.7 Å². The lowest BCUT2D eigenvalue weighted by Crippen LogP contribution is -2.48. The number of carbonyl (C=O) groups is 2. The van der Waals surface area contributed by atoms with Gasteiger partial charge in [-0.2, -0.15) is 9.37 Å². The van der Waals surface area contributed by atoms with E-state index in [1.165, 1.54) is 18.0 Å². The van der Waals surface area contributed by atoms with Crippen molar-refractivity contribution in [1.29, 1.82) is 0 Å². The Labute approximate surface area is 169 Å². The van der Waals surface area contributed by atoms with Crippen LogP contribution in [0.2, 0.25) is 0 Å². The first-order chi connectivity index (χ1) is 13.8. The molecule has 160 valence electrons. The summed E-state index contributed by atoms with van der Waals surface area (Å²) in [5.74, 6) is -1.52. The van der Waals surface area contributed by atoms with Crippen molar-refractivity contribution in [3.63, 3.8) is 0 Å². The molecule has 0 spiro atoms. The van der Waals surface area contributed by atoms with Crippen molar-refractivity contribution in [2.75, 3.05) is 34.4 Å². The van der Waals surface area contributed by atoms with Gasteiger partial charge >= 0.3 is 0 Å². The van der Waals surface area contributed by atoms with E-state index >= 15 is 0 Å². The standard InChI is InChI=1S/C20H28FN3O5/c1-12-19(25)23(2)10-9-13-5-7-15(27-4)16(29-13)11-28-18-14(20(26)24(12)3)6-8-17(21)22-18/h6,8,12-13,15-16H,5,7,9-11H2,1-4H3/t12-,13+,15+,16+/m1/s1. The van der Waals surface area contributed by atoms with Gasteiger partial charge in [0.1, 0.15) is 24.3 Å². The molecule has 2 aliphatic rings. The van der Waals surface area contributed by atoms with Gasteiger partial charge < -0.3 is 24.0 Å². The lowest BCUT2D eigenvalue weighted by atomic mass is 9.99. The zero-order valence-corrected chi connectivity index (χ0v) is 17.3. The summed E-state index contributed by atoms with van der Waals surface area (Å²) in [5.41, 5.74) is 0.0922. The number of methoxy groups -OCH3 is 1. The van der Waals surface area contributed by atoms with Gasteiger partial charge in [0.05, 0.1) is 12.2 Å². The van der Waals surface area contributed by atoms with Crippen molar-refractivity contribution in [3.05, 3.63) is 23.6 Å². The highest BCUT2D eigenvalue weighted by molar-refractivity contribution is 5.99. The number of carbonyl (C=O) groups excluding carboxylic acids is 2. The third kappa shape index (κ3) is 4.67. The molecule has 29 heavy (non-hydrogen) atoms. The van der Waals surface area contributed by atoms with E-state index in [1.807, 2.05) is 0 Å². The van der Waals surface area contributed by atoms with Crippen LogP contribution in [0.1, 0.15) is 36.5 Å². The minimum Gasteiger partial charge on any atom is -0.474 e. The Morgan fingerprint density at radius 3 is 2.69 bits per heavy atom. The summed E-state index contributed by atoms with van der Waals surface area (Å²) in [6.45, 7) is 2.26. The number of likely N-dealkylation sites (N-methyl/N-ethyl adjacent to an activating group) is 2. The fourth-order valence-electron chi connectivity index (χ4n) is 3.72. The lowest BCUT2D eigenvalue weighted by Gasteiger charge is -2.37.